The number of anilines is 1. The van der Waals surface area contributed by atoms with Gasteiger partial charge in [0.15, 0.2) is 0 Å². The molecule has 1 aromatic carbocycles. The van der Waals surface area contributed by atoms with E-state index < -0.39 is 0 Å². The molecular formula is C23H22FN3O2S. The number of benzene rings is 1. The molecule has 5 nitrogen and oxygen atoms in total. The van der Waals surface area contributed by atoms with Crippen molar-refractivity contribution in [2.24, 2.45) is 5.92 Å². The van der Waals surface area contributed by atoms with Crippen LogP contribution in [0.3, 0.4) is 0 Å². The molecule has 0 radical (unpaired) electrons. The number of hydrogen-bond donors (Lipinski definition) is 1. The molecule has 0 bridgehead atoms. The van der Waals surface area contributed by atoms with Crippen LogP contribution in [0.2, 0.25) is 0 Å². The number of carbonyl (C=O) groups excluding carboxylic acids is 2. The maximum absolute atomic E-state index is 13.3. The second-order valence-electron chi connectivity index (χ2n) is 7.35. The molecule has 1 fully saturated rings. The highest BCUT2D eigenvalue weighted by molar-refractivity contribution is 7.18. The van der Waals surface area contributed by atoms with E-state index in [1.165, 1.54) is 23.5 Å². The van der Waals surface area contributed by atoms with E-state index in [1.54, 1.807) is 35.4 Å². The lowest BCUT2D eigenvalue weighted by molar-refractivity contribution is -0.117. The zero-order valence-corrected chi connectivity index (χ0v) is 17.2. The van der Waals surface area contributed by atoms with E-state index in [0.717, 1.165) is 24.1 Å². The fourth-order valence-corrected chi connectivity index (χ4v) is 3.98. The lowest BCUT2D eigenvalue weighted by Crippen LogP contribution is -2.32. The Kier molecular flexibility index (Phi) is 6.18. The number of nitrogens with one attached hydrogen (secondary N) is 1. The molecule has 0 spiro atoms. The lowest BCUT2D eigenvalue weighted by Gasteiger charge is -2.22. The van der Waals surface area contributed by atoms with Crippen LogP contribution in [-0.2, 0) is 17.8 Å². The number of halogens is 1. The largest absolute Gasteiger partial charge is 0.333 e. The minimum absolute atomic E-state index is 0.0224. The first-order chi connectivity index (χ1) is 14.6. The third-order valence-electron chi connectivity index (χ3n) is 4.95. The van der Waals surface area contributed by atoms with Gasteiger partial charge in [-0.05, 0) is 54.8 Å². The molecule has 154 valence electrons. The van der Waals surface area contributed by atoms with Crippen LogP contribution in [0.1, 0.15) is 33.8 Å². The van der Waals surface area contributed by atoms with Crippen LogP contribution >= 0.6 is 11.3 Å². The van der Waals surface area contributed by atoms with E-state index >= 15 is 0 Å². The van der Waals surface area contributed by atoms with Crippen LogP contribution in [0.4, 0.5) is 9.39 Å². The number of carbonyl (C=O) groups is 2. The molecule has 2 heterocycles. The minimum atomic E-state index is -0.306. The number of aromatic nitrogens is 1. The first-order valence-corrected chi connectivity index (χ1v) is 10.7. The summed E-state index contributed by atoms with van der Waals surface area (Å²) in [7, 11) is 0. The molecule has 0 aliphatic heterocycles. The van der Waals surface area contributed by atoms with Gasteiger partial charge >= 0.3 is 0 Å². The van der Waals surface area contributed by atoms with Crippen molar-refractivity contribution in [2.45, 2.75) is 25.8 Å². The second kappa shape index (κ2) is 9.17. The van der Waals surface area contributed by atoms with Gasteiger partial charge in [0, 0.05) is 37.3 Å². The van der Waals surface area contributed by atoms with E-state index in [1.807, 2.05) is 18.2 Å². The first-order valence-electron chi connectivity index (χ1n) is 9.93. The summed E-state index contributed by atoms with van der Waals surface area (Å²) >= 11 is 1.28. The van der Waals surface area contributed by atoms with Crippen LogP contribution in [-0.4, -0.2) is 28.2 Å². The van der Waals surface area contributed by atoms with Crippen molar-refractivity contribution in [3.05, 3.63) is 82.7 Å². The molecule has 0 saturated heterocycles. The predicted molar refractivity (Wildman–Crippen MR) is 115 cm³/mol. The van der Waals surface area contributed by atoms with E-state index in [-0.39, 0.29) is 23.5 Å². The van der Waals surface area contributed by atoms with Crippen molar-refractivity contribution in [2.75, 3.05) is 11.9 Å². The molecule has 1 aliphatic rings. The number of rotatable bonds is 8. The smallest absolute Gasteiger partial charge is 0.264 e. The maximum Gasteiger partial charge on any atom is 0.264 e. The summed E-state index contributed by atoms with van der Waals surface area (Å²) in [5.41, 5.74) is 1.75. The van der Waals surface area contributed by atoms with Gasteiger partial charge in [-0.3, -0.25) is 14.6 Å². The van der Waals surface area contributed by atoms with Crippen molar-refractivity contribution in [1.82, 2.24) is 9.88 Å². The fourth-order valence-electron chi connectivity index (χ4n) is 3.10. The van der Waals surface area contributed by atoms with Gasteiger partial charge in [0.25, 0.3) is 5.91 Å². The van der Waals surface area contributed by atoms with Crippen molar-refractivity contribution in [1.29, 1.82) is 0 Å². The van der Waals surface area contributed by atoms with Gasteiger partial charge in [-0.25, -0.2) is 4.39 Å². The molecule has 4 rings (SSSR count). The minimum Gasteiger partial charge on any atom is -0.333 e. The number of thiophene rings is 1. The third-order valence-corrected chi connectivity index (χ3v) is 5.94. The Balaban J connectivity index is 1.48. The molecule has 3 aromatic rings. The molecule has 2 amide bonds. The standard InChI is InChI=1S/C23H22FN3O2S/c24-18-8-4-16(5-9-18)15-27(14-12-19-3-1-2-13-25-19)23(29)20-10-11-21(30-20)26-22(28)17-6-7-17/h1-5,8-11,13,17H,6-7,12,14-15H2,(H,26,28). The molecule has 2 aromatic heterocycles. The highest BCUT2D eigenvalue weighted by Crippen LogP contribution is 2.32. The second-order valence-corrected chi connectivity index (χ2v) is 8.44. The molecule has 1 aliphatic carbocycles. The first kappa shape index (κ1) is 20.2. The van der Waals surface area contributed by atoms with Gasteiger partial charge in [-0.15, -0.1) is 11.3 Å². The summed E-state index contributed by atoms with van der Waals surface area (Å²) in [6.45, 7) is 0.850. The normalized spacial score (nSPS) is 13.1. The molecule has 0 atom stereocenters. The van der Waals surface area contributed by atoms with Crippen LogP contribution in [0.5, 0.6) is 0 Å². The fraction of sp³-hybridized carbons (Fsp3) is 0.261. The van der Waals surface area contributed by atoms with Crippen LogP contribution < -0.4 is 5.32 Å². The molecule has 1 N–H and O–H groups in total. The van der Waals surface area contributed by atoms with Crippen LogP contribution in [0, 0.1) is 11.7 Å². The van der Waals surface area contributed by atoms with Gasteiger partial charge in [-0.1, -0.05) is 18.2 Å². The zero-order chi connectivity index (χ0) is 20.9. The van der Waals surface area contributed by atoms with Crippen LogP contribution in [0.15, 0.2) is 60.8 Å². The maximum atomic E-state index is 13.3. The van der Waals surface area contributed by atoms with Crippen molar-refractivity contribution in [3.8, 4) is 0 Å². The average Bonchev–Trinajstić information content (AvgIpc) is 3.52. The summed E-state index contributed by atoms with van der Waals surface area (Å²) in [5, 5.41) is 3.57. The van der Waals surface area contributed by atoms with Crippen LogP contribution in [0.25, 0.3) is 0 Å². The molecule has 30 heavy (non-hydrogen) atoms. The molecule has 1 saturated carbocycles. The number of pyridine rings is 1. The van der Waals surface area contributed by atoms with E-state index in [0.29, 0.717) is 29.4 Å². The monoisotopic (exact) mass is 423 g/mol. The highest BCUT2D eigenvalue weighted by atomic mass is 32.1. The summed E-state index contributed by atoms with van der Waals surface area (Å²) in [5.74, 6) is -0.291. The van der Waals surface area contributed by atoms with Gasteiger partial charge in [0.1, 0.15) is 5.82 Å². The van der Waals surface area contributed by atoms with Crippen molar-refractivity contribution >= 4 is 28.2 Å². The summed E-state index contributed by atoms with van der Waals surface area (Å²) in [6.07, 6.45) is 4.21. The van der Waals surface area contributed by atoms with E-state index in [2.05, 4.69) is 10.3 Å². The van der Waals surface area contributed by atoms with Crippen molar-refractivity contribution in [3.63, 3.8) is 0 Å². The number of hydrogen-bond acceptors (Lipinski definition) is 4. The molecule has 0 unspecified atom stereocenters. The van der Waals surface area contributed by atoms with Gasteiger partial charge in [-0.2, -0.15) is 0 Å². The predicted octanol–water partition coefficient (Wildman–Crippen LogP) is 4.52. The van der Waals surface area contributed by atoms with E-state index in [9.17, 15) is 14.0 Å². The third kappa shape index (κ3) is 5.30. The average molecular weight is 424 g/mol. The Morgan fingerprint density at radius 3 is 2.60 bits per heavy atom. The summed E-state index contributed by atoms with van der Waals surface area (Å²) in [4.78, 5) is 31.8. The Morgan fingerprint density at radius 1 is 1.10 bits per heavy atom. The Labute approximate surface area is 178 Å². The van der Waals surface area contributed by atoms with Gasteiger partial charge < -0.3 is 10.2 Å². The number of amides is 2. The summed E-state index contributed by atoms with van der Waals surface area (Å²) in [6, 6.07) is 15.4. The Bertz CT molecular complexity index is 1020. The molecule has 7 heteroatoms. The highest BCUT2D eigenvalue weighted by Gasteiger charge is 2.30. The Hall–Kier alpha value is -3.06. The Morgan fingerprint density at radius 2 is 1.90 bits per heavy atom. The topological polar surface area (TPSA) is 62.3 Å². The van der Waals surface area contributed by atoms with Gasteiger partial charge in [0.05, 0.1) is 9.88 Å². The van der Waals surface area contributed by atoms with E-state index in [4.69, 9.17) is 0 Å². The van der Waals surface area contributed by atoms with Crippen molar-refractivity contribution < 1.29 is 14.0 Å². The lowest BCUT2D eigenvalue weighted by atomic mass is 10.2. The SMILES string of the molecule is O=C(Nc1ccc(C(=O)N(CCc2ccccn2)Cc2ccc(F)cc2)s1)C1CC1. The quantitative estimate of drug-likeness (QED) is 0.580. The zero-order valence-electron chi connectivity index (χ0n) is 16.4. The summed E-state index contributed by atoms with van der Waals surface area (Å²) < 4.78 is 13.3. The number of nitrogens with zero attached hydrogens (tertiary/aromatic N) is 2. The molecular weight excluding hydrogens is 401 g/mol. The van der Waals surface area contributed by atoms with Gasteiger partial charge in [0.2, 0.25) is 5.91 Å².